The number of phenols is 2. The predicted molar refractivity (Wildman–Crippen MR) is 62.2 cm³/mol. The molecule has 0 atom stereocenters. The Bertz CT molecular complexity index is 703. The van der Waals surface area contributed by atoms with Crippen molar-refractivity contribution in [3.05, 3.63) is 24.0 Å². The first kappa shape index (κ1) is 10.0. The molecule has 2 heterocycles. The second-order valence-electron chi connectivity index (χ2n) is 3.55. The summed E-state index contributed by atoms with van der Waals surface area (Å²) in [6.45, 7) is 1.82. The van der Waals surface area contributed by atoms with Crippen molar-refractivity contribution in [2.45, 2.75) is 6.92 Å². The van der Waals surface area contributed by atoms with Gasteiger partial charge in [0.05, 0.1) is 0 Å². The van der Waals surface area contributed by atoms with Crippen LogP contribution in [-0.4, -0.2) is 30.0 Å². The number of nitrogens with zero attached hydrogens (tertiary/aromatic N) is 4. The van der Waals surface area contributed by atoms with E-state index in [4.69, 9.17) is 0 Å². The second kappa shape index (κ2) is 3.42. The molecule has 86 valence electrons. The van der Waals surface area contributed by atoms with Gasteiger partial charge < -0.3 is 10.2 Å². The normalized spacial score (nSPS) is 11.1. The number of fused-ring (bicyclic) bond motifs is 1. The number of aromatic nitrogens is 4. The molecule has 3 aromatic rings. The molecule has 0 bridgehead atoms. The number of hydrogen-bond acceptors (Lipinski definition) is 6. The lowest BCUT2D eigenvalue weighted by molar-refractivity contribution is 0.404. The van der Waals surface area contributed by atoms with Crippen molar-refractivity contribution in [2.24, 2.45) is 0 Å². The third-order valence-corrected chi connectivity index (χ3v) is 3.32. The molecule has 17 heavy (non-hydrogen) atoms. The number of rotatable bonds is 1. The zero-order valence-corrected chi connectivity index (χ0v) is 9.64. The number of aryl methyl sites for hydroxylation is 1. The monoisotopic (exact) mass is 248 g/mol. The van der Waals surface area contributed by atoms with Gasteiger partial charge in [-0.1, -0.05) is 11.3 Å². The van der Waals surface area contributed by atoms with Crippen molar-refractivity contribution < 1.29 is 10.2 Å². The summed E-state index contributed by atoms with van der Waals surface area (Å²) in [5.74, 6) is 0.406. The maximum absolute atomic E-state index is 9.43. The number of phenolic OH excluding ortho intramolecular Hbond substituents is 2. The van der Waals surface area contributed by atoms with E-state index in [9.17, 15) is 10.2 Å². The zero-order valence-electron chi connectivity index (χ0n) is 8.82. The van der Waals surface area contributed by atoms with Crippen LogP contribution in [0.2, 0.25) is 0 Å². The standard InChI is InChI=1S/C10H8N4O2S/c1-5-11-12-10-14(5)13-9(17-10)6-2-3-7(15)8(16)4-6/h2-4,15-16H,1H3. The zero-order chi connectivity index (χ0) is 12.0. The Morgan fingerprint density at radius 3 is 2.71 bits per heavy atom. The number of aromatic hydroxyl groups is 2. The molecule has 0 unspecified atom stereocenters. The van der Waals surface area contributed by atoms with Crippen LogP contribution in [0.4, 0.5) is 0 Å². The van der Waals surface area contributed by atoms with Gasteiger partial charge in [-0.25, -0.2) is 0 Å². The van der Waals surface area contributed by atoms with Crippen LogP contribution >= 0.6 is 11.3 Å². The fourth-order valence-corrected chi connectivity index (χ4v) is 2.37. The molecule has 6 nitrogen and oxygen atoms in total. The van der Waals surface area contributed by atoms with Crippen LogP contribution in [0.1, 0.15) is 5.82 Å². The third kappa shape index (κ3) is 1.51. The third-order valence-electron chi connectivity index (χ3n) is 2.37. The van der Waals surface area contributed by atoms with E-state index in [0.717, 1.165) is 5.56 Å². The SMILES string of the molecule is Cc1nnc2sc(-c3ccc(O)c(O)c3)nn12. The highest BCUT2D eigenvalue weighted by Crippen LogP contribution is 2.32. The summed E-state index contributed by atoms with van der Waals surface area (Å²) in [7, 11) is 0. The van der Waals surface area contributed by atoms with Crippen molar-refractivity contribution in [1.82, 2.24) is 19.8 Å². The van der Waals surface area contributed by atoms with Crippen LogP contribution in [0.3, 0.4) is 0 Å². The smallest absolute Gasteiger partial charge is 0.234 e. The Balaban J connectivity index is 2.16. The lowest BCUT2D eigenvalue weighted by Crippen LogP contribution is -1.88. The Hall–Kier alpha value is -2.15. The highest BCUT2D eigenvalue weighted by Gasteiger charge is 2.11. The van der Waals surface area contributed by atoms with Gasteiger partial charge in [0.25, 0.3) is 0 Å². The van der Waals surface area contributed by atoms with Crippen molar-refractivity contribution >= 4 is 16.3 Å². The van der Waals surface area contributed by atoms with Gasteiger partial charge in [-0.3, -0.25) is 0 Å². The fourth-order valence-electron chi connectivity index (χ4n) is 1.49. The minimum atomic E-state index is -0.162. The van der Waals surface area contributed by atoms with E-state index in [-0.39, 0.29) is 11.5 Å². The Morgan fingerprint density at radius 1 is 1.18 bits per heavy atom. The van der Waals surface area contributed by atoms with Gasteiger partial charge in [-0.15, -0.1) is 10.2 Å². The van der Waals surface area contributed by atoms with E-state index in [1.54, 1.807) is 10.6 Å². The first-order valence-corrected chi connectivity index (χ1v) is 5.68. The van der Waals surface area contributed by atoms with Crippen LogP contribution in [0.15, 0.2) is 18.2 Å². The average Bonchev–Trinajstić information content (AvgIpc) is 2.86. The molecule has 2 N–H and O–H groups in total. The summed E-state index contributed by atoms with van der Waals surface area (Å²) in [4.78, 5) is 0.699. The first-order valence-electron chi connectivity index (χ1n) is 4.86. The number of benzene rings is 1. The minimum absolute atomic E-state index is 0.145. The van der Waals surface area contributed by atoms with Crippen LogP contribution in [0.5, 0.6) is 11.5 Å². The summed E-state index contributed by atoms with van der Waals surface area (Å²) >= 11 is 1.37. The molecule has 0 spiro atoms. The lowest BCUT2D eigenvalue weighted by Gasteiger charge is -1.99. The topological polar surface area (TPSA) is 83.5 Å². The maximum atomic E-state index is 9.43. The molecule has 1 aromatic carbocycles. The second-order valence-corrected chi connectivity index (χ2v) is 4.51. The van der Waals surface area contributed by atoms with Crippen molar-refractivity contribution in [1.29, 1.82) is 0 Å². The molecular formula is C10H8N4O2S. The Kier molecular flexibility index (Phi) is 2.02. The molecule has 0 saturated heterocycles. The van der Waals surface area contributed by atoms with E-state index in [1.807, 2.05) is 6.92 Å². The van der Waals surface area contributed by atoms with E-state index in [2.05, 4.69) is 15.3 Å². The van der Waals surface area contributed by atoms with Gasteiger partial charge in [0.1, 0.15) is 5.01 Å². The van der Waals surface area contributed by atoms with Gasteiger partial charge in [-0.2, -0.15) is 9.61 Å². The van der Waals surface area contributed by atoms with Crippen LogP contribution in [-0.2, 0) is 0 Å². The number of hydrogen-bond donors (Lipinski definition) is 2. The van der Waals surface area contributed by atoms with E-state index in [1.165, 1.54) is 23.5 Å². The molecule has 0 aliphatic carbocycles. The molecule has 0 radical (unpaired) electrons. The molecular weight excluding hydrogens is 240 g/mol. The van der Waals surface area contributed by atoms with E-state index in [0.29, 0.717) is 15.8 Å². The van der Waals surface area contributed by atoms with Crippen molar-refractivity contribution in [3.8, 4) is 22.1 Å². The fraction of sp³-hybridized carbons (Fsp3) is 0.100. The van der Waals surface area contributed by atoms with E-state index < -0.39 is 0 Å². The summed E-state index contributed by atoms with van der Waals surface area (Å²) in [5.41, 5.74) is 0.732. The van der Waals surface area contributed by atoms with Gasteiger partial charge in [0, 0.05) is 5.56 Å². The van der Waals surface area contributed by atoms with Crippen molar-refractivity contribution in [2.75, 3.05) is 0 Å². The lowest BCUT2D eigenvalue weighted by atomic mass is 10.2. The van der Waals surface area contributed by atoms with Crippen molar-refractivity contribution in [3.63, 3.8) is 0 Å². The maximum Gasteiger partial charge on any atom is 0.234 e. The predicted octanol–water partition coefficient (Wildman–Crippen LogP) is 1.57. The largest absolute Gasteiger partial charge is 0.504 e. The molecule has 3 rings (SSSR count). The molecule has 2 aromatic heterocycles. The Morgan fingerprint density at radius 2 is 2.00 bits per heavy atom. The highest BCUT2D eigenvalue weighted by molar-refractivity contribution is 7.19. The van der Waals surface area contributed by atoms with E-state index >= 15 is 0 Å². The quantitative estimate of drug-likeness (QED) is 0.639. The average molecular weight is 248 g/mol. The summed E-state index contributed by atoms with van der Waals surface area (Å²) in [6.07, 6.45) is 0. The van der Waals surface area contributed by atoms with Gasteiger partial charge in [0.15, 0.2) is 17.3 Å². The van der Waals surface area contributed by atoms with Crippen LogP contribution < -0.4 is 0 Å². The molecule has 0 amide bonds. The Labute approximate surface area is 99.8 Å². The van der Waals surface area contributed by atoms with Gasteiger partial charge >= 0.3 is 0 Å². The molecule has 0 aliphatic rings. The molecule has 0 aliphatic heterocycles. The molecule has 0 fully saturated rings. The first-order chi connectivity index (χ1) is 8.15. The minimum Gasteiger partial charge on any atom is -0.504 e. The summed E-state index contributed by atoms with van der Waals surface area (Å²) in [5, 5.41) is 31.6. The van der Waals surface area contributed by atoms with Gasteiger partial charge in [0.2, 0.25) is 4.96 Å². The molecule has 7 heteroatoms. The van der Waals surface area contributed by atoms with Crippen LogP contribution in [0.25, 0.3) is 15.5 Å². The van der Waals surface area contributed by atoms with Crippen LogP contribution in [0, 0.1) is 6.92 Å². The van der Waals surface area contributed by atoms with Gasteiger partial charge in [-0.05, 0) is 25.1 Å². The molecule has 0 saturated carbocycles. The highest BCUT2D eigenvalue weighted by atomic mass is 32.1. The summed E-state index contributed by atoms with van der Waals surface area (Å²) < 4.78 is 1.64. The summed E-state index contributed by atoms with van der Waals surface area (Å²) in [6, 6.07) is 4.59.